The van der Waals surface area contributed by atoms with Crippen LogP contribution in [0.5, 0.6) is 5.88 Å². The number of aliphatic hydroxyl groups is 1. The van der Waals surface area contributed by atoms with E-state index in [4.69, 9.17) is 21.3 Å². The summed E-state index contributed by atoms with van der Waals surface area (Å²) in [6.07, 6.45) is 2.06. The first-order valence-corrected chi connectivity index (χ1v) is 15.5. The van der Waals surface area contributed by atoms with Gasteiger partial charge in [0.15, 0.2) is 0 Å². The molecule has 1 aliphatic heterocycles. The van der Waals surface area contributed by atoms with Crippen LogP contribution < -0.4 is 4.74 Å². The van der Waals surface area contributed by atoms with Gasteiger partial charge in [-0.05, 0) is 72.4 Å². The van der Waals surface area contributed by atoms with E-state index in [1.165, 1.54) is 11.1 Å². The summed E-state index contributed by atoms with van der Waals surface area (Å²) in [6, 6.07) is 37.3. The van der Waals surface area contributed by atoms with Crippen LogP contribution in [0.2, 0.25) is 5.02 Å². The molecule has 1 aliphatic rings. The van der Waals surface area contributed by atoms with Gasteiger partial charge in [-0.15, -0.1) is 0 Å². The molecule has 4 nitrogen and oxygen atoms in total. The molecule has 0 saturated carbocycles. The number of rotatable bonds is 8. The quantitative estimate of drug-likeness (QED) is 0.185. The Morgan fingerprint density at radius 1 is 0.952 bits per heavy atom. The summed E-state index contributed by atoms with van der Waals surface area (Å²) in [5, 5.41) is 14.5. The maximum absolute atomic E-state index is 12.8. The van der Waals surface area contributed by atoms with Gasteiger partial charge in [0, 0.05) is 45.5 Å². The number of ether oxygens (including phenoxy) is 1. The third-order valence-corrected chi connectivity index (χ3v) is 9.24. The largest absolute Gasteiger partial charge is 0.481 e. The fourth-order valence-electron chi connectivity index (χ4n) is 6.49. The Morgan fingerprint density at radius 3 is 2.33 bits per heavy atom. The minimum Gasteiger partial charge on any atom is -0.481 e. The van der Waals surface area contributed by atoms with Gasteiger partial charge in [-0.3, -0.25) is 4.90 Å². The minimum atomic E-state index is -1.05. The topological polar surface area (TPSA) is 45.6 Å². The van der Waals surface area contributed by atoms with Gasteiger partial charge >= 0.3 is 0 Å². The number of benzene rings is 4. The van der Waals surface area contributed by atoms with Gasteiger partial charge < -0.3 is 9.84 Å². The summed E-state index contributed by atoms with van der Waals surface area (Å²) in [5.74, 6) is 0.169. The minimum absolute atomic E-state index is 0.134. The zero-order valence-corrected chi connectivity index (χ0v) is 25.9. The summed E-state index contributed by atoms with van der Waals surface area (Å²) in [5.41, 5.74) is 4.22. The van der Waals surface area contributed by atoms with E-state index in [1.807, 2.05) is 36.4 Å². The number of pyridine rings is 1. The summed E-state index contributed by atoms with van der Waals surface area (Å²) >= 11 is 9.95. The first kappa shape index (κ1) is 28.9. The maximum atomic E-state index is 12.8. The Balaban J connectivity index is 1.44. The highest BCUT2D eigenvalue weighted by atomic mass is 79.9. The van der Waals surface area contributed by atoms with Crippen LogP contribution >= 0.6 is 27.5 Å². The number of halogens is 2. The second-order valence-electron chi connectivity index (χ2n) is 11.3. The number of hydrogen-bond acceptors (Lipinski definition) is 4. The number of aromatic nitrogens is 1. The zero-order valence-electron chi connectivity index (χ0n) is 23.6. The van der Waals surface area contributed by atoms with Crippen molar-refractivity contribution >= 4 is 38.4 Å². The molecule has 6 rings (SSSR count). The molecule has 6 heteroatoms. The van der Waals surface area contributed by atoms with E-state index >= 15 is 0 Å². The van der Waals surface area contributed by atoms with Crippen molar-refractivity contribution in [3.63, 3.8) is 0 Å². The summed E-state index contributed by atoms with van der Waals surface area (Å²) in [6.45, 7) is 1.61. The number of hydrogen-bond donors (Lipinski definition) is 1. The van der Waals surface area contributed by atoms with Gasteiger partial charge in [0.1, 0.15) is 0 Å². The van der Waals surface area contributed by atoms with Crippen LogP contribution in [0.4, 0.5) is 0 Å². The van der Waals surface area contributed by atoms with E-state index in [2.05, 4.69) is 93.6 Å². The number of likely N-dealkylation sites (tertiary alicyclic amines) is 1. The molecule has 1 fully saturated rings. The molecule has 2 heterocycles. The standard InChI is InChI=1S/C36H34BrClN2O2/c1-42-35-32(22-28-21-29(37)14-17-33(28)39-35)34(27-12-15-30(38)16-13-27)36(41)18-19-40(24-26-10-6-3-7-11-26)31(23-36)20-25-8-4-2-5-9-25/h2-17,21-22,31,34,41H,18-20,23-24H2,1H3. The molecule has 0 radical (unpaired) electrons. The normalized spacial score (nSPS) is 20.0. The average molecular weight is 642 g/mol. The van der Waals surface area contributed by atoms with Crippen molar-refractivity contribution in [2.75, 3.05) is 13.7 Å². The molecule has 1 N–H and O–H groups in total. The van der Waals surface area contributed by atoms with Gasteiger partial charge in [0.05, 0.1) is 18.2 Å². The van der Waals surface area contributed by atoms with Crippen LogP contribution in [0, 0.1) is 0 Å². The molecular formula is C36H34BrClN2O2. The highest BCUT2D eigenvalue weighted by Gasteiger charge is 2.46. The molecule has 1 aromatic heterocycles. The molecule has 214 valence electrons. The smallest absolute Gasteiger partial charge is 0.217 e. The molecule has 4 aromatic carbocycles. The third kappa shape index (κ3) is 6.25. The molecule has 3 unspecified atom stereocenters. The van der Waals surface area contributed by atoms with Crippen LogP contribution in [0.15, 0.2) is 114 Å². The van der Waals surface area contributed by atoms with Gasteiger partial charge in [0.2, 0.25) is 5.88 Å². The van der Waals surface area contributed by atoms with Crippen molar-refractivity contribution in [2.45, 2.75) is 43.4 Å². The van der Waals surface area contributed by atoms with E-state index in [0.717, 1.165) is 46.0 Å². The lowest BCUT2D eigenvalue weighted by atomic mass is 9.70. The van der Waals surface area contributed by atoms with Crippen molar-refractivity contribution < 1.29 is 9.84 Å². The van der Waals surface area contributed by atoms with Crippen molar-refractivity contribution in [3.8, 4) is 5.88 Å². The van der Waals surface area contributed by atoms with E-state index < -0.39 is 5.60 Å². The molecule has 0 amide bonds. The van der Waals surface area contributed by atoms with Crippen molar-refractivity contribution in [3.05, 3.63) is 141 Å². The second-order valence-corrected chi connectivity index (χ2v) is 12.6. The predicted octanol–water partition coefficient (Wildman–Crippen LogP) is 8.43. The highest BCUT2D eigenvalue weighted by molar-refractivity contribution is 9.10. The van der Waals surface area contributed by atoms with Gasteiger partial charge in [-0.2, -0.15) is 0 Å². The third-order valence-electron chi connectivity index (χ3n) is 8.49. The second kappa shape index (κ2) is 12.6. The molecule has 0 bridgehead atoms. The molecule has 5 aromatic rings. The SMILES string of the molecule is COc1nc2ccc(Br)cc2cc1C(c1ccc(Cl)cc1)C1(O)CCN(Cc2ccccc2)C(Cc2ccccc2)C1. The summed E-state index contributed by atoms with van der Waals surface area (Å²) in [4.78, 5) is 7.42. The van der Waals surface area contributed by atoms with E-state index in [1.54, 1.807) is 7.11 Å². The lowest BCUT2D eigenvalue weighted by Crippen LogP contribution is -2.53. The number of methoxy groups -OCH3 is 1. The lowest BCUT2D eigenvalue weighted by Gasteiger charge is -2.48. The highest BCUT2D eigenvalue weighted by Crippen LogP contribution is 2.47. The molecular weight excluding hydrogens is 608 g/mol. The molecule has 3 atom stereocenters. The maximum Gasteiger partial charge on any atom is 0.217 e. The Kier molecular flexibility index (Phi) is 8.64. The van der Waals surface area contributed by atoms with Crippen molar-refractivity contribution in [1.29, 1.82) is 0 Å². The Hall–Kier alpha value is -3.22. The van der Waals surface area contributed by atoms with Crippen LogP contribution in [0.25, 0.3) is 10.9 Å². The van der Waals surface area contributed by atoms with Crippen LogP contribution in [0.3, 0.4) is 0 Å². The summed E-state index contributed by atoms with van der Waals surface area (Å²) < 4.78 is 6.88. The van der Waals surface area contributed by atoms with Crippen LogP contribution in [-0.4, -0.2) is 40.3 Å². The van der Waals surface area contributed by atoms with Crippen LogP contribution in [-0.2, 0) is 13.0 Å². The van der Waals surface area contributed by atoms with E-state index in [9.17, 15) is 5.11 Å². The van der Waals surface area contributed by atoms with Gasteiger partial charge in [-0.25, -0.2) is 4.98 Å². The number of fused-ring (bicyclic) bond motifs is 1. The number of piperidine rings is 1. The molecule has 0 spiro atoms. The fourth-order valence-corrected chi connectivity index (χ4v) is 6.99. The van der Waals surface area contributed by atoms with E-state index in [-0.39, 0.29) is 12.0 Å². The first-order chi connectivity index (χ1) is 20.4. The Bertz CT molecular complexity index is 1650. The van der Waals surface area contributed by atoms with Crippen molar-refractivity contribution in [1.82, 2.24) is 9.88 Å². The van der Waals surface area contributed by atoms with Crippen molar-refractivity contribution in [2.24, 2.45) is 0 Å². The van der Waals surface area contributed by atoms with Gasteiger partial charge in [0.25, 0.3) is 0 Å². The average Bonchev–Trinajstić information content (AvgIpc) is 3.00. The molecule has 1 saturated heterocycles. The lowest BCUT2D eigenvalue weighted by molar-refractivity contribution is -0.0606. The Morgan fingerprint density at radius 2 is 1.64 bits per heavy atom. The number of nitrogens with zero attached hydrogens (tertiary/aromatic N) is 2. The molecule has 0 aliphatic carbocycles. The summed E-state index contributed by atoms with van der Waals surface area (Å²) in [7, 11) is 1.65. The Labute approximate surface area is 261 Å². The first-order valence-electron chi connectivity index (χ1n) is 14.4. The predicted molar refractivity (Wildman–Crippen MR) is 174 cm³/mol. The monoisotopic (exact) mass is 640 g/mol. The fraction of sp³-hybridized carbons (Fsp3) is 0.250. The molecule has 42 heavy (non-hydrogen) atoms. The van der Waals surface area contributed by atoms with Gasteiger partial charge in [-0.1, -0.05) is 100 Å². The zero-order chi connectivity index (χ0) is 29.1. The van der Waals surface area contributed by atoms with Crippen LogP contribution in [0.1, 0.15) is 41.0 Å². The van der Waals surface area contributed by atoms with E-state index in [0.29, 0.717) is 23.7 Å².